The summed E-state index contributed by atoms with van der Waals surface area (Å²) in [4.78, 5) is 12.5. The summed E-state index contributed by atoms with van der Waals surface area (Å²) in [6.45, 7) is 4.85. The van der Waals surface area contributed by atoms with Crippen LogP contribution >= 0.6 is 11.6 Å². The van der Waals surface area contributed by atoms with Crippen LogP contribution in [-0.2, 0) is 20.3 Å². The second kappa shape index (κ2) is 11.9. The van der Waals surface area contributed by atoms with Crippen molar-refractivity contribution < 1.29 is 31.4 Å². The molecule has 0 N–H and O–H groups in total. The minimum atomic E-state index is -4.04. The summed E-state index contributed by atoms with van der Waals surface area (Å²) in [7, 11) is -2.62. The molecule has 3 aromatic heterocycles. The zero-order valence-electron chi connectivity index (χ0n) is 23.0. The topological polar surface area (TPSA) is 131 Å². The van der Waals surface area contributed by atoms with Crippen LogP contribution in [0, 0.1) is 11.6 Å². The summed E-state index contributed by atoms with van der Waals surface area (Å²) < 4.78 is 75.6. The van der Waals surface area contributed by atoms with Crippen LogP contribution in [0.15, 0.2) is 42.9 Å². The van der Waals surface area contributed by atoms with Gasteiger partial charge in [-0.15, -0.1) is 10.2 Å². The molecule has 0 spiro atoms. The summed E-state index contributed by atoms with van der Waals surface area (Å²) in [5.41, 5.74) is 0.464. The summed E-state index contributed by atoms with van der Waals surface area (Å²) in [5.74, 6) is -1.45. The van der Waals surface area contributed by atoms with Crippen molar-refractivity contribution in [2.24, 2.45) is 0 Å². The van der Waals surface area contributed by atoms with E-state index < -0.39 is 44.6 Å². The van der Waals surface area contributed by atoms with Crippen molar-refractivity contribution in [1.82, 2.24) is 29.7 Å². The van der Waals surface area contributed by atoms with E-state index in [-0.39, 0.29) is 52.4 Å². The lowest BCUT2D eigenvalue weighted by molar-refractivity contribution is 0.00142. The van der Waals surface area contributed by atoms with Gasteiger partial charge in [-0.3, -0.25) is 4.57 Å². The fourth-order valence-electron chi connectivity index (χ4n) is 4.70. The highest BCUT2D eigenvalue weighted by molar-refractivity contribution is 7.91. The second-order valence-corrected chi connectivity index (χ2v) is 12.7. The monoisotopic (exact) mass is 620 g/mol. The van der Waals surface area contributed by atoms with Gasteiger partial charge in [0.05, 0.1) is 35.1 Å². The normalized spacial score (nSPS) is 16.2. The maximum Gasteiger partial charge on any atom is 0.257 e. The van der Waals surface area contributed by atoms with Crippen LogP contribution in [0.5, 0.6) is 11.6 Å². The van der Waals surface area contributed by atoms with E-state index >= 15 is 4.39 Å². The van der Waals surface area contributed by atoms with Crippen molar-refractivity contribution >= 4 is 21.4 Å². The average molecular weight is 621 g/mol. The Morgan fingerprint density at radius 1 is 1.12 bits per heavy atom. The number of ether oxygens (including phenoxy) is 3. The molecule has 11 nitrogen and oxygen atoms in total. The van der Waals surface area contributed by atoms with Gasteiger partial charge in [0.1, 0.15) is 35.9 Å². The number of pyridine rings is 1. The van der Waals surface area contributed by atoms with Gasteiger partial charge in [0, 0.05) is 30.2 Å². The summed E-state index contributed by atoms with van der Waals surface area (Å²) in [6, 6.07) is 3.78. The molecule has 0 saturated carbocycles. The zero-order chi connectivity index (χ0) is 30.2. The van der Waals surface area contributed by atoms with Crippen molar-refractivity contribution in [3.8, 4) is 23.0 Å². The van der Waals surface area contributed by atoms with E-state index in [1.807, 2.05) is 0 Å². The first-order valence-electron chi connectivity index (χ1n) is 12.9. The number of nitrogens with zero attached hydrogens (tertiary/aromatic N) is 6. The molecule has 15 heteroatoms. The van der Waals surface area contributed by atoms with Crippen LogP contribution in [0.4, 0.5) is 8.78 Å². The summed E-state index contributed by atoms with van der Waals surface area (Å²) in [6.07, 6.45) is 2.82. The zero-order valence-corrected chi connectivity index (χ0v) is 24.6. The molecule has 0 radical (unpaired) electrons. The fourth-order valence-corrected chi connectivity index (χ4v) is 6.18. The number of hydrogen-bond acceptors (Lipinski definition) is 10. The number of aromatic nitrogens is 6. The van der Waals surface area contributed by atoms with Crippen molar-refractivity contribution in [3.05, 3.63) is 76.7 Å². The molecule has 5 rings (SSSR count). The average Bonchev–Trinajstić information content (AvgIpc) is 3.26. The van der Waals surface area contributed by atoms with E-state index in [9.17, 15) is 12.8 Å². The molecular weight excluding hydrogens is 594 g/mol. The molecule has 1 aliphatic rings. The predicted molar refractivity (Wildman–Crippen MR) is 148 cm³/mol. The maximum atomic E-state index is 15.1. The van der Waals surface area contributed by atoms with Crippen LogP contribution in [0.2, 0.25) is 5.02 Å². The Morgan fingerprint density at radius 3 is 2.52 bits per heavy atom. The van der Waals surface area contributed by atoms with Gasteiger partial charge < -0.3 is 14.2 Å². The third-order valence-electron chi connectivity index (χ3n) is 6.73. The van der Waals surface area contributed by atoms with Gasteiger partial charge in [-0.2, -0.15) is 0 Å². The highest BCUT2D eigenvalue weighted by atomic mass is 35.5. The number of hydrogen-bond donors (Lipinski definition) is 0. The number of fused-ring (bicyclic) bond motifs is 3. The lowest BCUT2D eigenvalue weighted by Gasteiger charge is -2.26. The van der Waals surface area contributed by atoms with Gasteiger partial charge in [0.2, 0.25) is 0 Å². The van der Waals surface area contributed by atoms with E-state index in [0.717, 1.165) is 12.1 Å². The van der Waals surface area contributed by atoms with Crippen LogP contribution in [0.3, 0.4) is 0 Å². The molecule has 0 amide bonds. The van der Waals surface area contributed by atoms with E-state index in [0.29, 0.717) is 5.56 Å². The highest BCUT2D eigenvalue weighted by Gasteiger charge is 2.38. The van der Waals surface area contributed by atoms with Crippen LogP contribution in [0.1, 0.15) is 50.1 Å². The Morgan fingerprint density at radius 2 is 1.86 bits per heavy atom. The van der Waals surface area contributed by atoms with Gasteiger partial charge in [-0.1, -0.05) is 17.7 Å². The molecular formula is C27H27ClF2N6O5S. The summed E-state index contributed by atoms with van der Waals surface area (Å²) in [5, 5.41) is 7.66. The SMILES string of the molecule is COc1nccc2c1OC[C@@H](c1ccc(F)cc1F)n1c(CS(=O)(=O)[C@@H](C)[C@@H](OC(C)C)c3ncc(Cl)cn3)nnc1-2. The third-order valence-corrected chi connectivity index (χ3v) is 8.96. The lowest BCUT2D eigenvalue weighted by atomic mass is 10.1. The van der Waals surface area contributed by atoms with E-state index in [2.05, 4.69) is 25.1 Å². The molecule has 0 aliphatic carbocycles. The Labute approximate surface area is 245 Å². The second-order valence-electron chi connectivity index (χ2n) is 9.88. The number of sulfone groups is 1. The van der Waals surface area contributed by atoms with Crippen molar-refractivity contribution in [2.75, 3.05) is 13.7 Å². The Hall–Kier alpha value is -3.75. The highest BCUT2D eigenvalue weighted by Crippen LogP contribution is 2.42. The van der Waals surface area contributed by atoms with Crippen molar-refractivity contribution in [3.63, 3.8) is 0 Å². The molecule has 42 heavy (non-hydrogen) atoms. The number of rotatable bonds is 9. The number of halogens is 3. The molecule has 0 unspecified atom stereocenters. The predicted octanol–water partition coefficient (Wildman–Crippen LogP) is 4.52. The molecule has 4 aromatic rings. The maximum absolute atomic E-state index is 15.1. The Balaban J connectivity index is 1.60. The lowest BCUT2D eigenvalue weighted by Crippen LogP contribution is -2.32. The number of benzene rings is 1. The van der Waals surface area contributed by atoms with Gasteiger partial charge in [-0.25, -0.2) is 32.2 Å². The first-order chi connectivity index (χ1) is 20.0. The van der Waals surface area contributed by atoms with Gasteiger partial charge >= 0.3 is 0 Å². The molecule has 0 bridgehead atoms. The molecule has 222 valence electrons. The van der Waals surface area contributed by atoms with Crippen LogP contribution in [-0.4, -0.2) is 63.2 Å². The molecule has 3 atom stereocenters. The quantitative estimate of drug-likeness (QED) is 0.263. The smallest absolute Gasteiger partial charge is 0.257 e. The Bertz CT molecular complexity index is 1700. The molecule has 0 saturated heterocycles. The van der Waals surface area contributed by atoms with Crippen LogP contribution < -0.4 is 9.47 Å². The molecule has 1 aromatic carbocycles. The largest absolute Gasteiger partial charge is 0.485 e. The van der Waals surface area contributed by atoms with E-state index in [1.165, 1.54) is 43.3 Å². The standard InChI is InChI=1S/C27H27ClF2N6O5S/c1-14(2)41-23(25-32-10-16(28)11-33-25)15(3)42(37,38)13-22-34-35-26-19-7-8-31-27(39-4)24(19)40-12-21(36(22)26)18-6-5-17(29)9-20(18)30/h5-11,14-15,21,23H,12-13H2,1-4H3/t15-,21-,23+/m0/s1. The molecule has 1 aliphatic heterocycles. The first kappa shape index (κ1) is 29.7. The Kier molecular flexibility index (Phi) is 8.39. The van der Waals surface area contributed by atoms with Gasteiger partial charge in [-0.05, 0) is 32.9 Å². The fraction of sp³-hybridized carbons (Fsp3) is 0.370. The number of methoxy groups -OCH3 is 1. The minimum Gasteiger partial charge on any atom is -0.485 e. The first-order valence-corrected chi connectivity index (χ1v) is 15.0. The van der Waals surface area contributed by atoms with E-state index in [1.54, 1.807) is 19.9 Å². The third kappa shape index (κ3) is 5.78. The van der Waals surface area contributed by atoms with Crippen molar-refractivity contribution in [2.45, 2.75) is 50.0 Å². The minimum absolute atomic E-state index is 0.0122. The molecule has 0 fully saturated rings. The van der Waals surface area contributed by atoms with Gasteiger partial charge in [0.25, 0.3) is 5.88 Å². The summed E-state index contributed by atoms with van der Waals surface area (Å²) >= 11 is 5.93. The molecule has 4 heterocycles. The van der Waals surface area contributed by atoms with Crippen molar-refractivity contribution in [1.29, 1.82) is 0 Å². The van der Waals surface area contributed by atoms with Crippen LogP contribution in [0.25, 0.3) is 11.4 Å². The van der Waals surface area contributed by atoms with E-state index in [4.69, 9.17) is 25.8 Å². The van der Waals surface area contributed by atoms with Gasteiger partial charge in [0.15, 0.2) is 27.2 Å².